The Labute approximate surface area is 87.7 Å². The molecule has 0 aliphatic heterocycles. The molecule has 0 aromatic heterocycles. The van der Waals surface area contributed by atoms with Crippen molar-refractivity contribution in [1.29, 1.82) is 0 Å². The molecule has 3 aliphatic carbocycles. The summed E-state index contributed by atoms with van der Waals surface area (Å²) in [4.78, 5) is 0. The van der Waals surface area contributed by atoms with E-state index in [0.717, 1.165) is 23.9 Å². The first kappa shape index (κ1) is 9.21. The lowest BCUT2D eigenvalue weighted by molar-refractivity contribution is 0.216. The average Bonchev–Trinajstić information content (AvgIpc) is 2.95. The van der Waals surface area contributed by atoms with Crippen molar-refractivity contribution in [2.75, 3.05) is 0 Å². The first-order valence-corrected chi connectivity index (χ1v) is 6.68. The summed E-state index contributed by atoms with van der Waals surface area (Å²) in [5.41, 5.74) is 0. The Morgan fingerprint density at radius 1 is 0.643 bits per heavy atom. The maximum atomic E-state index is 3.87. The van der Waals surface area contributed by atoms with Crippen LogP contribution in [0.1, 0.15) is 57.8 Å². The van der Waals surface area contributed by atoms with Crippen molar-refractivity contribution in [2.45, 2.75) is 69.9 Å². The SMILES string of the molecule is C1CC(N[C@@H]2CCC[C@H](C3CC3)C2)C1. The third-order valence-electron chi connectivity index (χ3n) is 4.58. The van der Waals surface area contributed by atoms with Gasteiger partial charge < -0.3 is 5.32 Å². The Balaban J connectivity index is 1.47. The maximum absolute atomic E-state index is 3.87. The van der Waals surface area contributed by atoms with Crippen LogP contribution in [-0.2, 0) is 0 Å². The van der Waals surface area contributed by atoms with E-state index in [9.17, 15) is 0 Å². The van der Waals surface area contributed by atoms with Crippen LogP contribution in [0.25, 0.3) is 0 Å². The summed E-state index contributed by atoms with van der Waals surface area (Å²) in [6.45, 7) is 0. The van der Waals surface area contributed by atoms with Crippen LogP contribution in [0.15, 0.2) is 0 Å². The van der Waals surface area contributed by atoms with Crippen LogP contribution in [0, 0.1) is 11.8 Å². The van der Waals surface area contributed by atoms with Gasteiger partial charge in [0.05, 0.1) is 0 Å². The third kappa shape index (κ3) is 1.98. The predicted octanol–water partition coefficient (Wildman–Crippen LogP) is 3.10. The minimum Gasteiger partial charge on any atom is -0.311 e. The fourth-order valence-corrected chi connectivity index (χ4v) is 3.28. The summed E-state index contributed by atoms with van der Waals surface area (Å²) in [6.07, 6.45) is 13.4. The highest BCUT2D eigenvalue weighted by atomic mass is 15.0. The second-order valence-electron chi connectivity index (χ2n) is 5.76. The van der Waals surface area contributed by atoms with Crippen molar-refractivity contribution in [2.24, 2.45) is 11.8 Å². The van der Waals surface area contributed by atoms with Crippen LogP contribution in [0.2, 0.25) is 0 Å². The van der Waals surface area contributed by atoms with E-state index in [1.54, 1.807) is 12.8 Å². The first-order chi connectivity index (χ1) is 6.92. The van der Waals surface area contributed by atoms with E-state index in [0.29, 0.717) is 0 Å². The van der Waals surface area contributed by atoms with Crippen LogP contribution in [0.3, 0.4) is 0 Å². The van der Waals surface area contributed by atoms with Gasteiger partial charge in [0.2, 0.25) is 0 Å². The number of nitrogens with one attached hydrogen (secondary N) is 1. The molecule has 3 aliphatic rings. The molecule has 3 fully saturated rings. The largest absolute Gasteiger partial charge is 0.311 e. The van der Waals surface area contributed by atoms with Crippen LogP contribution in [0.5, 0.6) is 0 Å². The molecule has 3 saturated carbocycles. The molecule has 0 heterocycles. The smallest absolute Gasteiger partial charge is 0.00723 e. The molecular weight excluding hydrogens is 170 g/mol. The summed E-state index contributed by atoms with van der Waals surface area (Å²) < 4.78 is 0. The summed E-state index contributed by atoms with van der Waals surface area (Å²) in [6, 6.07) is 1.79. The monoisotopic (exact) mass is 193 g/mol. The van der Waals surface area contributed by atoms with Crippen LogP contribution < -0.4 is 5.32 Å². The highest BCUT2D eigenvalue weighted by molar-refractivity contribution is 4.90. The molecule has 0 aromatic carbocycles. The van der Waals surface area contributed by atoms with E-state index in [-0.39, 0.29) is 0 Å². The van der Waals surface area contributed by atoms with Gasteiger partial charge in [0.1, 0.15) is 0 Å². The van der Waals surface area contributed by atoms with Gasteiger partial charge in [0.25, 0.3) is 0 Å². The van der Waals surface area contributed by atoms with E-state index in [2.05, 4.69) is 5.32 Å². The Morgan fingerprint density at radius 2 is 1.36 bits per heavy atom. The number of hydrogen-bond acceptors (Lipinski definition) is 1. The lowest BCUT2D eigenvalue weighted by Crippen LogP contribution is -2.44. The van der Waals surface area contributed by atoms with Gasteiger partial charge >= 0.3 is 0 Å². The second kappa shape index (κ2) is 3.84. The van der Waals surface area contributed by atoms with Gasteiger partial charge in [-0.2, -0.15) is 0 Å². The zero-order valence-electron chi connectivity index (χ0n) is 9.17. The van der Waals surface area contributed by atoms with E-state index in [4.69, 9.17) is 0 Å². The van der Waals surface area contributed by atoms with Crippen molar-refractivity contribution in [3.63, 3.8) is 0 Å². The lowest BCUT2D eigenvalue weighted by Gasteiger charge is -2.36. The standard InChI is InChI=1S/C13H23N/c1-3-11(10-7-8-10)9-13(6-1)14-12-4-2-5-12/h10-14H,1-9H2/t11-,13+/m0/s1. The summed E-state index contributed by atoms with van der Waals surface area (Å²) >= 11 is 0. The third-order valence-corrected chi connectivity index (χ3v) is 4.58. The first-order valence-electron chi connectivity index (χ1n) is 6.68. The normalized spacial score (nSPS) is 39.4. The second-order valence-corrected chi connectivity index (χ2v) is 5.76. The van der Waals surface area contributed by atoms with Crippen LogP contribution in [-0.4, -0.2) is 12.1 Å². The molecule has 0 spiro atoms. The molecular formula is C13H23N. The molecule has 0 amide bonds. The number of hydrogen-bond donors (Lipinski definition) is 1. The van der Waals surface area contributed by atoms with Crippen molar-refractivity contribution in [1.82, 2.24) is 5.32 Å². The fourth-order valence-electron chi connectivity index (χ4n) is 3.28. The van der Waals surface area contributed by atoms with Crippen molar-refractivity contribution < 1.29 is 0 Å². The van der Waals surface area contributed by atoms with E-state index < -0.39 is 0 Å². The Kier molecular flexibility index (Phi) is 2.53. The van der Waals surface area contributed by atoms with Gasteiger partial charge in [-0.05, 0) is 50.4 Å². The van der Waals surface area contributed by atoms with Gasteiger partial charge in [-0.25, -0.2) is 0 Å². The summed E-state index contributed by atoms with van der Waals surface area (Å²) in [5, 5.41) is 3.87. The van der Waals surface area contributed by atoms with E-state index in [1.165, 1.54) is 44.9 Å². The van der Waals surface area contributed by atoms with Crippen LogP contribution in [0.4, 0.5) is 0 Å². The van der Waals surface area contributed by atoms with Gasteiger partial charge in [-0.15, -0.1) is 0 Å². The molecule has 0 unspecified atom stereocenters. The number of rotatable bonds is 3. The van der Waals surface area contributed by atoms with Gasteiger partial charge in [0, 0.05) is 12.1 Å². The van der Waals surface area contributed by atoms with Crippen molar-refractivity contribution >= 4 is 0 Å². The van der Waals surface area contributed by atoms with Gasteiger partial charge in [-0.3, -0.25) is 0 Å². The molecule has 3 rings (SSSR count). The summed E-state index contributed by atoms with van der Waals surface area (Å²) in [5.74, 6) is 2.24. The molecule has 1 heteroatoms. The average molecular weight is 193 g/mol. The molecule has 0 radical (unpaired) electrons. The topological polar surface area (TPSA) is 12.0 Å². The van der Waals surface area contributed by atoms with Crippen molar-refractivity contribution in [3.8, 4) is 0 Å². The molecule has 0 bridgehead atoms. The molecule has 1 N–H and O–H groups in total. The van der Waals surface area contributed by atoms with E-state index in [1.807, 2.05) is 0 Å². The van der Waals surface area contributed by atoms with Gasteiger partial charge in [-0.1, -0.05) is 19.3 Å². The minimum absolute atomic E-state index is 0.889. The zero-order chi connectivity index (χ0) is 9.38. The molecule has 14 heavy (non-hydrogen) atoms. The van der Waals surface area contributed by atoms with Crippen LogP contribution >= 0.6 is 0 Å². The fraction of sp³-hybridized carbons (Fsp3) is 1.00. The molecule has 80 valence electrons. The Bertz CT molecular complexity index is 193. The molecule has 2 atom stereocenters. The zero-order valence-corrected chi connectivity index (χ0v) is 9.17. The molecule has 1 nitrogen and oxygen atoms in total. The Hall–Kier alpha value is -0.0400. The minimum atomic E-state index is 0.889. The molecule has 0 aromatic rings. The Morgan fingerprint density at radius 3 is 2.00 bits per heavy atom. The van der Waals surface area contributed by atoms with Gasteiger partial charge in [0.15, 0.2) is 0 Å². The predicted molar refractivity (Wildman–Crippen MR) is 59.2 cm³/mol. The van der Waals surface area contributed by atoms with Crippen molar-refractivity contribution in [3.05, 3.63) is 0 Å². The highest BCUT2D eigenvalue weighted by Crippen LogP contribution is 2.44. The maximum Gasteiger partial charge on any atom is 0.00723 e. The quantitative estimate of drug-likeness (QED) is 0.726. The lowest BCUT2D eigenvalue weighted by atomic mass is 9.81. The highest BCUT2D eigenvalue weighted by Gasteiger charge is 2.35. The molecule has 0 saturated heterocycles. The summed E-state index contributed by atoms with van der Waals surface area (Å²) in [7, 11) is 0. The van der Waals surface area contributed by atoms with E-state index >= 15 is 0 Å².